The zero-order valence-corrected chi connectivity index (χ0v) is 37.7. The normalized spacial score (nSPS) is 14.0. The average molecular weight is 770 g/mol. The topological polar surface area (TPSA) is 88.1 Å². The van der Waals surface area contributed by atoms with Gasteiger partial charge in [0.25, 0.3) is 0 Å². The minimum absolute atomic E-state index is 0.321. The third-order valence-electron chi connectivity index (χ3n) is 10.2. The first-order valence-electron chi connectivity index (χ1n) is 20.4. The molecule has 0 amide bonds. The van der Waals surface area contributed by atoms with Crippen molar-refractivity contribution in [3.63, 3.8) is 0 Å². The van der Waals surface area contributed by atoms with Gasteiger partial charge in [-0.15, -0.1) is 0 Å². The van der Waals surface area contributed by atoms with Gasteiger partial charge in [-0.2, -0.15) is 0 Å². The van der Waals surface area contributed by atoms with E-state index in [1.165, 1.54) is 0 Å². The van der Waals surface area contributed by atoms with Crippen LogP contribution >= 0.6 is 8.25 Å². The molecule has 0 saturated carbocycles. The van der Waals surface area contributed by atoms with Crippen LogP contribution in [-0.4, -0.2) is 25.2 Å². The Hall–Kier alpha value is -2.92. The minimum atomic E-state index is -2.77. The Kier molecular flexibility index (Phi) is 17.3. The van der Waals surface area contributed by atoms with Gasteiger partial charge in [-0.05, 0) is 70.6 Å². The van der Waals surface area contributed by atoms with E-state index in [1.807, 2.05) is 107 Å². The number of benzene rings is 2. The molecule has 0 radical (unpaired) electrons. The summed E-state index contributed by atoms with van der Waals surface area (Å²) >= 11 is 0. The van der Waals surface area contributed by atoms with Crippen molar-refractivity contribution in [2.75, 3.05) is 13.2 Å². The zero-order chi connectivity index (χ0) is 41.2. The van der Waals surface area contributed by atoms with Gasteiger partial charge >= 0.3 is 20.2 Å². The van der Waals surface area contributed by atoms with Crippen molar-refractivity contribution in [2.24, 2.45) is 11.8 Å². The van der Waals surface area contributed by atoms with E-state index in [1.54, 1.807) is 0 Å². The molecular formula is C46H74O7P+. The molecule has 0 aliphatic carbocycles. The van der Waals surface area contributed by atoms with Gasteiger partial charge in [0.15, 0.2) is 11.5 Å². The molecule has 0 aromatic heterocycles. The highest BCUT2D eigenvalue weighted by Crippen LogP contribution is 2.48. The summed E-state index contributed by atoms with van der Waals surface area (Å²) in [5.74, 6) is 0.768. The lowest BCUT2D eigenvalue weighted by Crippen LogP contribution is -2.22. The number of esters is 2. The lowest BCUT2D eigenvalue weighted by atomic mass is 9.78. The third kappa shape index (κ3) is 13.7. The second-order valence-electron chi connectivity index (χ2n) is 19.2. The van der Waals surface area contributed by atoms with Crippen molar-refractivity contribution in [2.45, 2.75) is 184 Å². The van der Waals surface area contributed by atoms with Crippen LogP contribution in [0.3, 0.4) is 0 Å². The van der Waals surface area contributed by atoms with Crippen molar-refractivity contribution in [3.05, 3.63) is 57.6 Å². The van der Waals surface area contributed by atoms with Crippen LogP contribution in [0.1, 0.15) is 205 Å². The van der Waals surface area contributed by atoms with E-state index < -0.39 is 29.9 Å². The number of carbonyl (C=O) groups is 2. The van der Waals surface area contributed by atoms with Crippen LogP contribution in [0.5, 0.6) is 11.5 Å². The van der Waals surface area contributed by atoms with Crippen LogP contribution in [0.4, 0.5) is 0 Å². The quantitative estimate of drug-likeness (QED) is 0.110. The van der Waals surface area contributed by atoms with Crippen molar-refractivity contribution in [3.8, 4) is 11.5 Å². The molecule has 2 rings (SSSR count). The number of ether oxygens (including phenoxy) is 2. The highest BCUT2D eigenvalue weighted by molar-refractivity contribution is 7.34. The highest BCUT2D eigenvalue weighted by Gasteiger charge is 2.39. The van der Waals surface area contributed by atoms with E-state index in [2.05, 4.69) is 27.7 Å². The Morgan fingerprint density at radius 3 is 1.04 bits per heavy atom. The van der Waals surface area contributed by atoms with E-state index in [0.717, 1.165) is 73.6 Å². The maximum Gasteiger partial charge on any atom is 0.805 e. The maximum absolute atomic E-state index is 14.3. The fourth-order valence-electron chi connectivity index (χ4n) is 6.44. The second kappa shape index (κ2) is 19.8. The summed E-state index contributed by atoms with van der Waals surface area (Å²) in [6.07, 6.45) is 8.38. The van der Waals surface area contributed by atoms with Gasteiger partial charge in [-0.3, -0.25) is 0 Å². The molecule has 8 heteroatoms. The standard InChI is InChI=1S/C46H74O7P/c1-17-21-23-31(19-3)29-50-41(47)33-25-35(43(5,6)7)39(36(26-33)44(8,9)10)52-54(49)53-40-37(45(11,12)13)27-34(28-38(40)46(14,15)16)42(48)51-30-32(20-4)24-22-18-2/h25-28,31-32H,17-24,29-30H2,1-16H3/q+1. The second-order valence-corrected chi connectivity index (χ2v) is 20.0. The van der Waals surface area contributed by atoms with Crippen molar-refractivity contribution < 1.29 is 32.7 Å². The number of unbranched alkanes of at least 4 members (excludes halogenated alkanes) is 2. The van der Waals surface area contributed by atoms with E-state index in [4.69, 9.17) is 18.5 Å². The summed E-state index contributed by atoms with van der Waals surface area (Å²) in [5.41, 5.74) is 1.94. The Bertz CT molecular complexity index is 1380. The fourth-order valence-corrected chi connectivity index (χ4v) is 7.16. The van der Waals surface area contributed by atoms with E-state index in [-0.39, 0.29) is 11.9 Å². The minimum Gasteiger partial charge on any atom is -0.462 e. The van der Waals surface area contributed by atoms with E-state index in [0.29, 0.717) is 47.7 Å². The first-order valence-corrected chi connectivity index (χ1v) is 21.5. The predicted octanol–water partition coefficient (Wildman–Crippen LogP) is 13.7. The molecule has 2 aromatic carbocycles. The monoisotopic (exact) mass is 770 g/mol. The SMILES string of the molecule is CCCCC(CC)COC(=O)c1cc(C(C)(C)C)c(O[P+](=O)Oc2c(C(C)(C)C)cc(C(=O)OCC(CC)CCCC)cc2C(C)(C)C)c(C(C)(C)C)c1. The number of rotatable bonds is 18. The highest BCUT2D eigenvalue weighted by atomic mass is 31.1. The van der Waals surface area contributed by atoms with Gasteiger partial charge in [-0.25, -0.2) is 18.6 Å². The molecule has 0 saturated heterocycles. The summed E-state index contributed by atoms with van der Waals surface area (Å²) in [5, 5.41) is 0. The van der Waals surface area contributed by atoms with Gasteiger partial charge in [0.05, 0.1) is 24.3 Å². The lowest BCUT2D eigenvalue weighted by Gasteiger charge is -2.28. The molecule has 304 valence electrons. The molecule has 2 unspecified atom stereocenters. The van der Waals surface area contributed by atoms with Crippen molar-refractivity contribution >= 4 is 20.2 Å². The first-order chi connectivity index (χ1) is 24.9. The Labute approximate surface area is 330 Å². The van der Waals surface area contributed by atoms with Gasteiger partial charge in [0, 0.05) is 26.8 Å². The van der Waals surface area contributed by atoms with Crippen LogP contribution < -0.4 is 9.05 Å². The van der Waals surface area contributed by atoms with Crippen LogP contribution in [-0.2, 0) is 35.7 Å². The van der Waals surface area contributed by atoms with Gasteiger partial charge in [0.1, 0.15) is 0 Å². The van der Waals surface area contributed by atoms with Crippen LogP contribution in [0.25, 0.3) is 0 Å². The molecule has 0 fully saturated rings. The summed E-state index contributed by atoms with van der Waals surface area (Å²) in [6, 6.07) is 7.26. The molecule has 54 heavy (non-hydrogen) atoms. The molecule has 0 N–H and O–H groups in total. The largest absolute Gasteiger partial charge is 0.805 e. The molecule has 2 atom stereocenters. The molecule has 0 bridgehead atoms. The summed E-state index contributed by atoms with van der Waals surface area (Å²) in [6.45, 7) is 33.9. The maximum atomic E-state index is 14.3. The van der Waals surface area contributed by atoms with Gasteiger partial charge in [-0.1, -0.05) is 149 Å². The van der Waals surface area contributed by atoms with Crippen molar-refractivity contribution in [1.82, 2.24) is 0 Å². The lowest BCUT2D eigenvalue weighted by molar-refractivity contribution is 0.0419. The van der Waals surface area contributed by atoms with Crippen molar-refractivity contribution in [1.29, 1.82) is 0 Å². The summed E-state index contributed by atoms with van der Waals surface area (Å²) < 4.78 is 38.8. The predicted molar refractivity (Wildman–Crippen MR) is 224 cm³/mol. The molecular weight excluding hydrogens is 695 g/mol. The third-order valence-corrected chi connectivity index (χ3v) is 10.9. The van der Waals surface area contributed by atoms with Gasteiger partial charge < -0.3 is 9.47 Å². The van der Waals surface area contributed by atoms with Crippen LogP contribution in [0.15, 0.2) is 24.3 Å². The Morgan fingerprint density at radius 1 is 0.537 bits per heavy atom. The molecule has 7 nitrogen and oxygen atoms in total. The number of hydrogen-bond donors (Lipinski definition) is 0. The Morgan fingerprint density at radius 2 is 0.815 bits per heavy atom. The van der Waals surface area contributed by atoms with Crippen LogP contribution in [0.2, 0.25) is 0 Å². The first kappa shape index (κ1) is 47.2. The molecule has 0 aliphatic rings. The zero-order valence-electron chi connectivity index (χ0n) is 36.8. The van der Waals surface area contributed by atoms with E-state index >= 15 is 0 Å². The molecule has 0 heterocycles. The Balaban J connectivity index is 2.63. The molecule has 0 aliphatic heterocycles. The van der Waals surface area contributed by atoms with E-state index in [9.17, 15) is 14.2 Å². The summed E-state index contributed by atoms with van der Waals surface area (Å²) in [4.78, 5) is 27.1. The number of carbonyl (C=O) groups excluding carboxylic acids is 2. The molecule has 0 spiro atoms. The molecule has 2 aromatic rings. The average Bonchev–Trinajstić information content (AvgIpc) is 3.06. The smallest absolute Gasteiger partial charge is 0.462 e. The van der Waals surface area contributed by atoms with Crippen LogP contribution in [0, 0.1) is 11.8 Å². The number of hydrogen-bond acceptors (Lipinski definition) is 7. The fraction of sp³-hybridized carbons (Fsp3) is 0.696. The summed E-state index contributed by atoms with van der Waals surface area (Å²) in [7, 11) is -2.77. The van der Waals surface area contributed by atoms with Gasteiger partial charge in [0.2, 0.25) is 0 Å².